The van der Waals surface area contributed by atoms with Crippen molar-refractivity contribution in [1.29, 1.82) is 0 Å². The van der Waals surface area contributed by atoms with Gasteiger partial charge in [-0.25, -0.2) is 9.97 Å². The minimum absolute atomic E-state index is 0.0937. The fraction of sp³-hybridized carbons (Fsp3) is 0.0370. The van der Waals surface area contributed by atoms with E-state index < -0.39 is 0 Å². The number of anilines is 6. The summed E-state index contributed by atoms with van der Waals surface area (Å²) in [7, 11) is 0. The Bertz CT molecular complexity index is 3210. The van der Waals surface area contributed by atoms with Gasteiger partial charge in [-0.05, 0) is 124 Å². The SMILES string of the molecule is c1ccc(N(c2ccccc2)c2ccc(N(c3ccccc3)c3ccccc3)c3cc4cc5nc6c(nc5cc4cc23)C2c3ccccc3C63c4cccc2c43)cc1. The highest BCUT2D eigenvalue weighted by Crippen LogP contribution is 2.70. The first-order valence-corrected chi connectivity index (χ1v) is 20.0. The Hall–Kier alpha value is -7.56. The summed E-state index contributed by atoms with van der Waals surface area (Å²) in [5.74, 6) is 0.0937. The summed E-state index contributed by atoms with van der Waals surface area (Å²) in [5.41, 5.74) is 17.4. The molecule has 0 N–H and O–H groups in total. The Morgan fingerprint density at radius 3 is 1.38 bits per heavy atom. The molecule has 0 aliphatic heterocycles. The number of hydrogen-bond donors (Lipinski definition) is 0. The molecule has 14 rings (SSSR count). The largest absolute Gasteiger partial charge is 0.310 e. The van der Waals surface area contributed by atoms with E-state index in [-0.39, 0.29) is 11.3 Å². The van der Waals surface area contributed by atoms with E-state index in [1.807, 2.05) is 0 Å². The lowest BCUT2D eigenvalue weighted by Gasteiger charge is -2.38. The summed E-state index contributed by atoms with van der Waals surface area (Å²) >= 11 is 0. The first-order valence-electron chi connectivity index (χ1n) is 20.0. The fourth-order valence-electron chi connectivity index (χ4n) is 10.3. The average molecular weight is 739 g/mol. The third-order valence-electron chi connectivity index (χ3n) is 12.7. The molecule has 2 unspecified atom stereocenters. The molecule has 10 aromatic rings. The lowest BCUT2D eigenvalue weighted by molar-refractivity contribution is 0.695. The number of benzene rings is 9. The Morgan fingerprint density at radius 2 is 0.845 bits per heavy atom. The molecule has 0 saturated heterocycles. The minimum Gasteiger partial charge on any atom is -0.310 e. The molecule has 2 atom stereocenters. The van der Waals surface area contributed by atoms with Gasteiger partial charge in [0.2, 0.25) is 0 Å². The second kappa shape index (κ2) is 11.7. The van der Waals surface area contributed by atoms with Gasteiger partial charge in [0.15, 0.2) is 0 Å². The summed E-state index contributed by atoms with van der Waals surface area (Å²) in [6.07, 6.45) is 0. The molecule has 4 heteroatoms. The monoisotopic (exact) mass is 738 g/mol. The third-order valence-corrected chi connectivity index (χ3v) is 12.7. The summed E-state index contributed by atoms with van der Waals surface area (Å²) in [6.45, 7) is 0. The van der Waals surface area contributed by atoms with Crippen LogP contribution in [0.25, 0.3) is 32.6 Å². The zero-order valence-electron chi connectivity index (χ0n) is 31.4. The summed E-state index contributed by atoms with van der Waals surface area (Å²) < 4.78 is 0. The molecule has 270 valence electrons. The number of nitrogens with zero attached hydrogens (tertiary/aromatic N) is 4. The van der Waals surface area contributed by atoms with Crippen molar-refractivity contribution < 1.29 is 0 Å². The van der Waals surface area contributed by atoms with E-state index in [9.17, 15) is 0 Å². The van der Waals surface area contributed by atoms with Gasteiger partial charge in [0.25, 0.3) is 0 Å². The van der Waals surface area contributed by atoms with Gasteiger partial charge in [0.1, 0.15) is 0 Å². The Labute approximate surface area is 335 Å². The van der Waals surface area contributed by atoms with E-state index in [1.54, 1.807) is 0 Å². The lowest BCUT2D eigenvalue weighted by atomic mass is 9.66. The molecular formula is C54H34N4. The van der Waals surface area contributed by atoms with Crippen molar-refractivity contribution in [1.82, 2.24) is 9.97 Å². The molecule has 1 aromatic heterocycles. The van der Waals surface area contributed by atoms with Crippen LogP contribution >= 0.6 is 0 Å². The summed E-state index contributed by atoms with van der Waals surface area (Å²) in [4.78, 5) is 15.9. The first-order chi connectivity index (χ1) is 28.8. The Morgan fingerprint density at radius 1 is 0.397 bits per heavy atom. The molecule has 4 aliphatic rings. The van der Waals surface area contributed by atoms with Crippen LogP contribution in [-0.2, 0) is 5.41 Å². The maximum atomic E-state index is 5.60. The van der Waals surface area contributed by atoms with Crippen molar-refractivity contribution in [3.05, 3.63) is 239 Å². The van der Waals surface area contributed by atoms with Crippen LogP contribution in [0.15, 0.2) is 200 Å². The van der Waals surface area contributed by atoms with Gasteiger partial charge < -0.3 is 9.80 Å². The van der Waals surface area contributed by atoms with E-state index in [4.69, 9.17) is 9.97 Å². The predicted molar refractivity (Wildman–Crippen MR) is 237 cm³/mol. The van der Waals surface area contributed by atoms with E-state index in [1.165, 1.54) is 27.8 Å². The molecule has 0 amide bonds. The van der Waals surface area contributed by atoms with Crippen LogP contribution < -0.4 is 9.80 Å². The molecule has 1 spiro atoms. The standard InChI is InChI=1S/C54H34N4/c1-5-16-36(17-6-1)57(37-18-7-2-8-19-37)48-28-29-49(58(38-20-9-3-10-21-38)39-22-11-4-12-23-39)43-31-35-33-47-46(32-34(35)30-42(43)48)55-52-50-40-24-13-14-26-44(40)54(53(52)56-47)45-27-15-25-41(50)51(45)54/h1-33,50H. The van der Waals surface area contributed by atoms with Crippen molar-refractivity contribution in [3.8, 4) is 0 Å². The van der Waals surface area contributed by atoms with E-state index >= 15 is 0 Å². The van der Waals surface area contributed by atoms with Gasteiger partial charge in [-0.15, -0.1) is 0 Å². The van der Waals surface area contributed by atoms with Crippen LogP contribution in [-0.4, -0.2) is 9.97 Å². The van der Waals surface area contributed by atoms with Crippen LogP contribution in [0.2, 0.25) is 0 Å². The molecule has 0 saturated carbocycles. The maximum absolute atomic E-state index is 5.60. The highest BCUT2D eigenvalue weighted by molar-refractivity contribution is 6.14. The van der Waals surface area contributed by atoms with Gasteiger partial charge in [-0.2, -0.15) is 0 Å². The third kappa shape index (κ3) is 4.24. The van der Waals surface area contributed by atoms with E-state index in [2.05, 4.69) is 210 Å². The zero-order chi connectivity index (χ0) is 38.0. The van der Waals surface area contributed by atoms with Crippen LogP contribution in [0.5, 0.6) is 0 Å². The highest BCUT2D eigenvalue weighted by Gasteiger charge is 2.65. The van der Waals surface area contributed by atoms with Crippen molar-refractivity contribution in [2.24, 2.45) is 0 Å². The quantitative estimate of drug-likeness (QED) is 0.159. The smallest absolute Gasteiger partial charge is 0.0905 e. The Kier molecular flexibility index (Phi) is 6.40. The van der Waals surface area contributed by atoms with E-state index in [0.717, 1.165) is 78.1 Å². The normalized spacial score (nSPS) is 16.5. The number of hydrogen-bond acceptors (Lipinski definition) is 4. The van der Waals surface area contributed by atoms with Gasteiger partial charge in [0.05, 0.1) is 45.1 Å². The van der Waals surface area contributed by atoms with Crippen molar-refractivity contribution in [3.63, 3.8) is 0 Å². The molecule has 1 heterocycles. The second-order valence-electron chi connectivity index (χ2n) is 15.7. The van der Waals surface area contributed by atoms with Crippen molar-refractivity contribution in [2.45, 2.75) is 11.3 Å². The van der Waals surface area contributed by atoms with Crippen molar-refractivity contribution in [2.75, 3.05) is 9.80 Å². The molecule has 58 heavy (non-hydrogen) atoms. The minimum atomic E-state index is -0.286. The zero-order valence-corrected chi connectivity index (χ0v) is 31.4. The number of aromatic nitrogens is 2. The van der Waals surface area contributed by atoms with Crippen LogP contribution in [0.3, 0.4) is 0 Å². The second-order valence-corrected chi connectivity index (χ2v) is 15.7. The van der Waals surface area contributed by atoms with Gasteiger partial charge in [0, 0.05) is 33.5 Å². The van der Waals surface area contributed by atoms with Gasteiger partial charge in [-0.1, -0.05) is 115 Å². The summed E-state index contributed by atoms with van der Waals surface area (Å²) in [6, 6.07) is 72.3. The lowest BCUT2D eigenvalue weighted by Crippen LogP contribution is -2.32. The van der Waals surface area contributed by atoms with Crippen LogP contribution in [0.4, 0.5) is 34.1 Å². The molecule has 0 fully saturated rings. The maximum Gasteiger partial charge on any atom is 0.0905 e. The number of para-hydroxylation sites is 4. The van der Waals surface area contributed by atoms with Crippen LogP contribution in [0.1, 0.15) is 45.1 Å². The van der Waals surface area contributed by atoms with Crippen LogP contribution in [0, 0.1) is 0 Å². The molecule has 4 nitrogen and oxygen atoms in total. The molecule has 2 bridgehead atoms. The molecule has 9 aromatic carbocycles. The predicted octanol–water partition coefficient (Wildman–Crippen LogP) is 13.4. The fourth-order valence-corrected chi connectivity index (χ4v) is 10.3. The van der Waals surface area contributed by atoms with Gasteiger partial charge in [-0.3, -0.25) is 0 Å². The van der Waals surface area contributed by atoms with Gasteiger partial charge >= 0.3 is 0 Å². The van der Waals surface area contributed by atoms with Crippen molar-refractivity contribution >= 4 is 66.7 Å². The number of fused-ring (bicyclic) bond motifs is 3. The highest BCUT2D eigenvalue weighted by atomic mass is 15.2. The molecule has 4 aliphatic carbocycles. The molecule has 0 radical (unpaired) electrons. The topological polar surface area (TPSA) is 32.3 Å². The average Bonchev–Trinajstić information content (AvgIpc) is 3.97. The molecular weight excluding hydrogens is 705 g/mol. The van der Waals surface area contributed by atoms with E-state index in [0.29, 0.717) is 0 Å². The summed E-state index contributed by atoms with van der Waals surface area (Å²) in [5, 5.41) is 4.55. The first kappa shape index (κ1) is 31.6. The number of rotatable bonds is 6. The Balaban J connectivity index is 1.09.